The minimum atomic E-state index is -3.83. The summed E-state index contributed by atoms with van der Waals surface area (Å²) in [5.74, 6) is 0.0115. The Hall–Kier alpha value is -1.38. The molecule has 112 valence electrons. The third-order valence-corrected chi connectivity index (χ3v) is 4.70. The van der Waals surface area contributed by atoms with E-state index in [1.807, 2.05) is 0 Å². The molecule has 0 bridgehead atoms. The van der Waals surface area contributed by atoms with Crippen molar-refractivity contribution in [2.45, 2.75) is 11.8 Å². The van der Waals surface area contributed by atoms with Crippen LogP contribution in [0, 0.1) is 6.92 Å². The van der Waals surface area contributed by atoms with Gasteiger partial charge in [-0.05, 0) is 24.6 Å². The summed E-state index contributed by atoms with van der Waals surface area (Å²) in [5.41, 5.74) is 0.597. The number of hydrogen-bond acceptors (Lipinski definition) is 5. The van der Waals surface area contributed by atoms with Gasteiger partial charge >= 0.3 is 0 Å². The van der Waals surface area contributed by atoms with Gasteiger partial charge in [-0.2, -0.15) is 4.98 Å². The second-order valence-electron chi connectivity index (χ2n) is 4.07. The van der Waals surface area contributed by atoms with Gasteiger partial charge in [-0.15, -0.1) is 0 Å². The van der Waals surface area contributed by atoms with Crippen LogP contribution < -0.4 is 9.46 Å². The molecule has 6 nitrogen and oxygen atoms in total. The molecule has 1 aromatic carbocycles. The van der Waals surface area contributed by atoms with Gasteiger partial charge in [-0.3, -0.25) is 0 Å². The maximum absolute atomic E-state index is 12.4. The van der Waals surface area contributed by atoms with E-state index in [4.69, 9.17) is 16.3 Å². The van der Waals surface area contributed by atoms with Crippen molar-refractivity contribution in [1.29, 1.82) is 0 Å². The molecule has 1 N–H and O–H groups in total. The molecular formula is C12H11BrClN3O3S. The molecule has 0 amide bonds. The first-order valence-electron chi connectivity index (χ1n) is 5.69. The maximum atomic E-state index is 12.4. The van der Waals surface area contributed by atoms with Crippen molar-refractivity contribution in [1.82, 2.24) is 9.97 Å². The Morgan fingerprint density at radius 3 is 2.67 bits per heavy atom. The topological polar surface area (TPSA) is 81.2 Å². The molecular weight excluding hydrogens is 382 g/mol. The molecule has 21 heavy (non-hydrogen) atoms. The number of hydrogen-bond donors (Lipinski definition) is 1. The van der Waals surface area contributed by atoms with Gasteiger partial charge in [0.25, 0.3) is 10.0 Å². The summed E-state index contributed by atoms with van der Waals surface area (Å²) in [6, 6.07) is 6.33. The van der Waals surface area contributed by atoms with E-state index in [2.05, 4.69) is 30.6 Å². The number of halogens is 2. The van der Waals surface area contributed by atoms with Crippen LogP contribution in [0.3, 0.4) is 0 Å². The van der Waals surface area contributed by atoms with Gasteiger partial charge in [0.05, 0.1) is 12.0 Å². The molecule has 0 radical (unpaired) electrons. The van der Waals surface area contributed by atoms with E-state index in [1.54, 1.807) is 19.1 Å². The molecule has 0 aliphatic heterocycles. The standard InChI is InChI=1S/C12H11BrClN3O3S/c1-7-3-4-8(13)5-9(7)21(18,19)17-12-15-10(14)6-11(16-12)20-2/h3-6H,1-2H3,(H,15,16,17). The summed E-state index contributed by atoms with van der Waals surface area (Å²) in [5, 5.41) is 0.0746. The number of benzene rings is 1. The Morgan fingerprint density at radius 2 is 2.00 bits per heavy atom. The van der Waals surface area contributed by atoms with Crippen molar-refractivity contribution < 1.29 is 13.2 Å². The Balaban J connectivity index is 2.42. The van der Waals surface area contributed by atoms with Crippen molar-refractivity contribution in [2.75, 3.05) is 11.8 Å². The van der Waals surface area contributed by atoms with Gasteiger partial charge < -0.3 is 4.74 Å². The summed E-state index contributed by atoms with van der Waals surface area (Å²) in [6.45, 7) is 1.69. The predicted octanol–water partition coefficient (Wildman–Crippen LogP) is 3.01. The molecule has 2 rings (SSSR count). The molecule has 1 heterocycles. The molecule has 0 aliphatic carbocycles. The molecule has 0 aliphatic rings. The minimum absolute atomic E-state index is 0.0746. The van der Waals surface area contributed by atoms with E-state index < -0.39 is 10.0 Å². The fourth-order valence-electron chi connectivity index (χ4n) is 1.59. The molecule has 0 saturated heterocycles. The Bertz CT molecular complexity index is 783. The largest absolute Gasteiger partial charge is 0.481 e. The van der Waals surface area contributed by atoms with Gasteiger partial charge in [-0.25, -0.2) is 18.1 Å². The van der Waals surface area contributed by atoms with Gasteiger partial charge in [0, 0.05) is 10.5 Å². The summed E-state index contributed by atoms with van der Waals surface area (Å²) < 4.78 is 32.6. The quantitative estimate of drug-likeness (QED) is 0.809. The maximum Gasteiger partial charge on any atom is 0.264 e. The summed E-state index contributed by atoms with van der Waals surface area (Å²) in [6.07, 6.45) is 0. The lowest BCUT2D eigenvalue weighted by Gasteiger charge is -2.10. The molecule has 1 aromatic heterocycles. The van der Waals surface area contributed by atoms with E-state index >= 15 is 0 Å². The minimum Gasteiger partial charge on any atom is -0.481 e. The third kappa shape index (κ3) is 3.84. The highest BCUT2D eigenvalue weighted by molar-refractivity contribution is 9.10. The van der Waals surface area contributed by atoms with Gasteiger partial charge in [0.2, 0.25) is 11.8 Å². The zero-order valence-electron chi connectivity index (χ0n) is 11.1. The number of methoxy groups -OCH3 is 1. The first kappa shape index (κ1) is 16.0. The summed E-state index contributed by atoms with van der Waals surface area (Å²) >= 11 is 9.03. The van der Waals surface area contributed by atoms with Crippen LogP contribution in [0.2, 0.25) is 5.15 Å². The number of nitrogens with zero attached hydrogens (tertiary/aromatic N) is 2. The first-order valence-corrected chi connectivity index (χ1v) is 8.35. The van der Waals surface area contributed by atoms with Crippen LogP contribution in [0.1, 0.15) is 5.56 Å². The SMILES string of the molecule is COc1cc(Cl)nc(NS(=O)(=O)c2cc(Br)ccc2C)n1. The van der Waals surface area contributed by atoms with Gasteiger partial charge in [-0.1, -0.05) is 33.6 Å². The lowest BCUT2D eigenvalue weighted by molar-refractivity contribution is 0.397. The highest BCUT2D eigenvalue weighted by atomic mass is 79.9. The van der Waals surface area contributed by atoms with Crippen molar-refractivity contribution in [3.8, 4) is 5.88 Å². The van der Waals surface area contributed by atoms with Crippen LogP contribution in [0.5, 0.6) is 5.88 Å². The van der Waals surface area contributed by atoms with Crippen LogP contribution in [-0.2, 0) is 10.0 Å². The molecule has 0 fully saturated rings. The van der Waals surface area contributed by atoms with Crippen molar-refractivity contribution in [2.24, 2.45) is 0 Å². The van der Waals surface area contributed by atoms with Crippen LogP contribution in [0.4, 0.5) is 5.95 Å². The number of aromatic nitrogens is 2. The van der Waals surface area contributed by atoms with E-state index in [9.17, 15) is 8.42 Å². The first-order chi connectivity index (χ1) is 9.81. The number of sulfonamides is 1. The van der Waals surface area contributed by atoms with Gasteiger partial charge in [0.1, 0.15) is 5.15 Å². The van der Waals surface area contributed by atoms with E-state index in [-0.39, 0.29) is 21.9 Å². The lowest BCUT2D eigenvalue weighted by atomic mass is 10.2. The average molecular weight is 393 g/mol. The van der Waals surface area contributed by atoms with E-state index in [0.717, 1.165) is 0 Å². The predicted molar refractivity (Wildman–Crippen MR) is 83.3 cm³/mol. The Labute approximate surface area is 135 Å². The monoisotopic (exact) mass is 391 g/mol. The Morgan fingerprint density at radius 1 is 1.29 bits per heavy atom. The molecule has 9 heteroatoms. The molecule has 0 saturated carbocycles. The van der Waals surface area contributed by atoms with Crippen LogP contribution in [0.15, 0.2) is 33.6 Å². The van der Waals surface area contributed by atoms with Crippen molar-refractivity contribution >= 4 is 43.5 Å². The lowest BCUT2D eigenvalue weighted by Crippen LogP contribution is -2.16. The van der Waals surface area contributed by atoms with Gasteiger partial charge in [0.15, 0.2) is 0 Å². The number of anilines is 1. The second-order valence-corrected chi connectivity index (χ2v) is 7.03. The number of rotatable bonds is 4. The highest BCUT2D eigenvalue weighted by Gasteiger charge is 2.19. The van der Waals surface area contributed by atoms with Crippen LogP contribution in [0.25, 0.3) is 0 Å². The third-order valence-electron chi connectivity index (χ3n) is 2.55. The summed E-state index contributed by atoms with van der Waals surface area (Å²) in [7, 11) is -2.43. The summed E-state index contributed by atoms with van der Waals surface area (Å²) in [4.78, 5) is 7.84. The fourth-order valence-corrected chi connectivity index (χ4v) is 3.49. The number of nitrogens with one attached hydrogen (secondary N) is 1. The zero-order valence-corrected chi connectivity index (χ0v) is 14.3. The second kappa shape index (κ2) is 6.17. The average Bonchev–Trinajstić information content (AvgIpc) is 2.40. The van der Waals surface area contributed by atoms with Crippen molar-refractivity contribution in [3.05, 3.63) is 39.5 Å². The van der Waals surface area contributed by atoms with Crippen LogP contribution >= 0.6 is 27.5 Å². The fraction of sp³-hybridized carbons (Fsp3) is 0.167. The normalized spacial score (nSPS) is 11.2. The molecule has 2 aromatic rings. The zero-order chi connectivity index (χ0) is 15.6. The number of ether oxygens (including phenoxy) is 1. The van der Waals surface area contributed by atoms with E-state index in [0.29, 0.717) is 10.0 Å². The number of aryl methyl sites for hydroxylation is 1. The molecule has 0 atom stereocenters. The smallest absolute Gasteiger partial charge is 0.264 e. The molecule has 0 unspecified atom stereocenters. The molecule has 0 spiro atoms. The van der Waals surface area contributed by atoms with Crippen molar-refractivity contribution in [3.63, 3.8) is 0 Å². The van der Waals surface area contributed by atoms with E-state index in [1.165, 1.54) is 19.2 Å². The highest BCUT2D eigenvalue weighted by Crippen LogP contribution is 2.23. The Kier molecular flexibility index (Phi) is 4.70. The van der Waals surface area contributed by atoms with Crippen LogP contribution in [-0.4, -0.2) is 25.5 Å².